The topological polar surface area (TPSA) is 90.0 Å². The van der Waals surface area contributed by atoms with Crippen LogP contribution in [0.1, 0.15) is 38.2 Å². The Kier molecular flexibility index (Phi) is 9.02. The molecule has 196 valence electrons. The predicted octanol–water partition coefficient (Wildman–Crippen LogP) is 3.05. The monoisotopic (exact) mass is 522 g/mol. The summed E-state index contributed by atoms with van der Waals surface area (Å²) in [6, 6.07) is 9.38. The van der Waals surface area contributed by atoms with Gasteiger partial charge in [-0.05, 0) is 61.7 Å². The van der Waals surface area contributed by atoms with Gasteiger partial charge in [0, 0.05) is 26.7 Å². The predicted molar refractivity (Wildman–Crippen MR) is 133 cm³/mol. The van der Waals surface area contributed by atoms with Gasteiger partial charge in [-0.25, -0.2) is 13.1 Å². The van der Waals surface area contributed by atoms with E-state index in [1.165, 1.54) is 55.4 Å². The smallest absolute Gasteiger partial charge is 0.304 e. The summed E-state index contributed by atoms with van der Waals surface area (Å²) in [5, 5.41) is 2.97. The second kappa shape index (κ2) is 11.8. The molecular formula is C25H32F2N4O4S. The van der Waals surface area contributed by atoms with E-state index in [1.807, 2.05) is 0 Å². The van der Waals surface area contributed by atoms with Gasteiger partial charge in [0.2, 0.25) is 11.8 Å². The summed E-state index contributed by atoms with van der Waals surface area (Å²) < 4.78 is 54.9. The van der Waals surface area contributed by atoms with Crippen LogP contribution in [0, 0.1) is 11.6 Å². The summed E-state index contributed by atoms with van der Waals surface area (Å²) in [6.07, 6.45) is 3.77. The van der Waals surface area contributed by atoms with Crippen molar-refractivity contribution in [1.29, 1.82) is 0 Å². The van der Waals surface area contributed by atoms with Gasteiger partial charge < -0.3 is 10.2 Å². The third-order valence-electron chi connectivity index (χ3n) is 6.27. The highest BCUT2D eigenvalue weighted by Crippen LogP contribution is 2.22. The van der Waals surface area contributed by atoms with Gasteiger partial charge in [-0.2, -0.15) is 12.7 Å². The Balaban J connectivity index is 1.91. The summed E-state index contributed by atoms with van der Waals surface area (Å²) in [5.74, 6) is -1.98. The molecule has 0 aromatic heterocycles. The van der Waals surface area contributed by atoms with Crippen LogP contribution >= 0.6 is 0 Å². The quantitative estimate of drug-likeness (QED) is 0.520. The molecule has 1 aliphatic rings. The van der Waals surface area contributed by atoms with Crippen LogP contribution < -0.4 is 9.62 Å². The number of nitrogens with zero attached hydrogens (tertiary/aromatic N) is 3. The number of halogens is 2. The Morgan fingerprint density at radius 1 is 0.972 bits per heavy atom. The molecule has 2 amide bonds. The van der Waals surface area contributed by atoms with Crippen molar-refractivity contribution in [3.05, 3.63) is 65.7 Å². The molecule has 36 heavy (non-hydrogen) atoms. The molecule has 1 N–H and O–H groups in total. The molecule has 3 rings (SSSR count). The fraction of sp³-hybridized carbons (Fsp3) is 0.440. The van der Waals surface area contributed by atoms with E-state index in [2.05, 4.69) is 5.32 Å². The number of hydrogen-bond acceptors (Lipinski definition) is 4. The maximum absolute atomic E-state index is 13.6. The highest BCUT2D eigenvalue weighted by Gasteiger charge is 2.33. The molecule has 1 saturated carbocycles. The van der Waals surface area contributed by atoms with Crippen molar-refractivity contribution in [2.75, 3.05) is 24.9 Å². The Morgan fingerprint density at radius 3 is 2.03 bits per heavy atom. The standard InChI is InChI=1S/C25H32F2N4O4S/c1-18(25(33)28-22-6-4-5-7-22)30(16-19-8-10-20(26)11-9-19)24(32)17-31(36(34,35)29(2)3)23-14-12-21(27)13-15-23/h8-15,18,22H,4-7,16-17H2,1-3H3,(H,28,33)/t18-/m1/s1. The highest BCUT2D eigenvalue weighted by molar-refractivity contribution is 7.90. The summed E-state index contributed by atoms with van der Waals surface area (Å²) in [6.45, 7) is 0.931. The lowest BCUT2D eigenvalue weighted by atomic mass is 10.1. The zero-order valence-electron chi connectivity index (χ0n) is 20.7. The van der Waals surface area contributed by atoms with Crippen LogP contribution in [0.15, 0.2) is 48.5 Å². The maximum Gasteiger partial charge on any atom is 0.304 e. The van der Waals surface area contributed by atoms with Crippen molar-refractivity contribution in [3.8, 4) is 0 Å². The van der Waals surface area contributed by atoms with E-state index in [0.29, 0.717) is 5.56 Å². The zero-order valence-corrected chi connectivity index (χ0v) is 21.5. The fourth-order valence-electron chi connectivity index (χ4n) is 4.09. The molecule has 0 bridgehead atoms. The molecule has 8 nitrogen and oxygen atoms in total. The first-order valence-corrected chi connectivity index (χ1v) is 13.2. The van der Waals surface area contributed by atoms with E-state index in [4.69, 9.17) is 0 Å². The number of anilines is 1. The SMILES string of the molecule is C[C@H](C(=O)NC1CCCC1)N(Cc1ccc(F)cc1)C(=O)CN(c1ccc(F)cc1)S(=O)(=O)N(C)C. The molecule has 0 unspecified atom stereocenters. The largest absolute Gasteiger partial charge is 0.352 e. The molecule has 1 aliphatic carbocycles. The number of hydrogen-bond donors (Lipinski definition) is 1. The Morgan fingerprint density at radius 2 is 1.50 bits per heavy atom. The average Bonchev–Trinajstić information content (AvgIpc) is 3.35. The summed E-state index contributed by atoms with van der Waals surface area (Å²) in [5.41, 5.74) is 0.678. The number of carbonyl (C=O) groups excluding carboxylic acids is 2. The Bertz CT molecular complexity index is 1150. The van der Waals surface area contributed by atoms with E-state index in [9.17, 15) is 26.8 Å². The van der Waals surface area contributed by atoms with Crippen molar-refractivity contribution in [1.82, 2.24) is 14.5 Å². The van der Waals surface area contributed by atoms with E-state index in [1.54, 1.807) is 6.92 Å². The minimum atomic E-state index is -4.13. The van der Waals surface area contributed by atoms with Crippen molar-refractivity contribution in [3.63, 3.8) is 0 Å². The van der Waals surface area contributed by atoms with Crippen molar-refractivity contribution in [2.24, 2.45) is 0 Å². The molecular weight excluding hydrogens is 490 g/mol. The average molecular weight is 523 g/mol. The molecule has 2 aromatic carbocycles. The summed E-state index contributed by atoms with van der Waals surface area (Å²) >= 11 is 0. The van der Waals surface area contributed by atoms with Crippen LogP contribution in [0.25, 0.3) is 0 Å². The second-order valence-corrected chi connectivity index (χ2v) is 11.2. The lowest BCUT2D eigenvalue weighted by Gasteiger charge is -2.33. The van der Waals surface area contributed by atoms with Crippen LogP contribution in [0.5, 0.6) is 0 Å². The Labute approximate surface area is 211 Å². The van der Waals surface area contributed by atoms with Gasteiger partial charge in [0.25, 0.3) is 0 Å². The van der Waals surface area contributed by atoms with Gasteiger partial charge in [-0.1, -0.05) is 25.0 Å². The number of carbonyl (C=O) groups is 2. The third kappa shape index (κ3) is 6.79. The van der Waals surface area contributed by atoms with Gasteiger partial charge in [-0.15, -0.1) is 0 Å². The molecule has 1 atom stereocenters. The van der Waals surface area contributed by atoms with Crippen molar-refractivity contribution < 1.29 is 26.8 Å². The first-order valence-electron chi connectivity index (χ1n) is 11.8. The number of rotatable bonds is 10. The number of nitrogens with one attached hydrogen (secondary N) is 1. The van der Waals surface area contributed by atoms with E-state index in [-0.39, 0.29) is 24.2 Å². The third-order valence-corrected chi connectivity index (χ3v) is 8.09. The van der Waals surface area contributed by atoms with Crippen LogP contribution in [-0.4, -0.2) is 62.2 Å². The molecule has 0 radical (unpaired) electrons. The molecule has 11 heteroatoms. The first kappa shape index (κ1) is 27.5. The van der Waals surface area contributed by atoms with Gasteiger partial charge in [-0.3, -0.25) is 9.59 Å². The van der Waals surface area contributed by atoms with Crippen LogP contribution in [0.3, 0.4) is 0 Å². The molecule has 0 spiro atoms. The molecule has 1 fully saturated rings. The fourth-order valence-corrected chi connectivity index (χ4v) is 5.14. The molecule has 0 heterocycles. The minimum Gasteiger partial charge on any atom is -0.352 e. The highest BCUT2D eigenvalue weighted by atomic mass is 32.2. The van der Waals surface area contributed by atoms with Crippen LogP contribution in [-0.2, 0) is 26.3 Å². The van der Waals surface area contributed by atoms with E-state index in [0.717, 1.165) is 46.4 Å². The number of amides is 2. The summed E-state index contributed by atoms with van der Waals surface area (Å²) in [4.78, 5) is 27.9. The van der Waals surface area contributed by atoms with Gasteiger partial charge in [0.1, 0.15) is 24.2 Å². The molecule has 0 saturated heterocycles. The summed E-state index contributed by atoms with van der Waals surface area (Å²) in [7, 11) is -1.48. The van der Waals surface area contributed by atoms with Crippen molar-refractivity contribution >= 4 is 27.7 Å². The van der Waals surface area contributed by atoms with Gasteiger partial charge >= 0.3 is 10.2 Å². The normalized spacial score (nSPS) is 15.1. The lowest BCUT2D eigenvalue weighted by molar-refractivity contribution is -0.139. The zero-order chi connectivity index (χ0) is 26.5. The molecule has 2 aromatic rings. The van der Waals surface area contributed by atoms with Crippen LogP contribution in [0.4, 0.5) is 14.5 Å². The Hall–Kier alpha value is -3.05. The lowest BCUT2D eigenvalue weighted by Crippen LogP contribution is -2.53. The maximum atomic E-state index is 13.6. The molecule has 0 aliphatic heterocycles. The van der Waals surface area contributed by atoms with Crippen molar-refractivity contribution in [2.45, 2.75) is 51.2 Å². The van der Waals surface area contributed by atoms with E-state index < -0.39 is 40.3 Å². The van der Waals surface area contributed by atoms with Gasteiger partial charge in [0.15, 0.2) is 0 Å². The van der Waals surface area contributed by atoms with Gasteiger partial charge in [0.05, 0.1) is 5.69 Å². The van der Waals surface area contributed by atoms with Crippen LogP contribution in [0.2, 0.25) is 0 Å². The first-order chi connectivity index (χ1) is 17.0. The minimum absolute atomic E-state index is 0.0301. The second-order valence-electron chi connectivity index (χ2n) is 9.09. The number of benzene rings is 2. The van der Waals surface area contributed by atoms with E-state index >= 15 is 0 Å².